The van der Waals surface area contributed by atoms with E-state index < -0.39 is 38.2 Å². The van der Waals surface area contributed by atoms with Gasteiger partial charge in [-0.2, -0.15) is 14.6 Å². The minimum absolute atomic E-state index is 0.287. The van der Waals surface area contributed by atoms with Crippen LogP contribution in [0.3, 0.4) is 0 Å². The average Bonchev–Trinajstić information content (AvgIpc) is 3.86. The number of imidazole rings is 2. The van der Waals surface area contributed by atoms with Crippen LogP contribution in [0, 0.1) is 13.8 Å². The van der Waals surface area contributed by atoms with E-state index in [1.54, 1.807) is 43.0 Å². The van der Waals surface area contributed by atoms with Gasteiger partial charge in [-0.3, -0.25) is 9.00 Å². The first kappa shape index (κ1) is 44.2. The fourth-order valence-corrected chi connectivity index (χ4v) is 7.27. The molecule has 0 fully saturated rings. The van der Waals surface area contributed by atoms with Gasteiger partial charge in [-0.05, 0) is 91.7 Å². The highest BCUT2D eigenvalue weighted by molar-refractivity contribution is 7.92. The van der Waals surface area contributed by atoms with E-state index >= 15 is 0 Å². The smallest absolute Gasteiger partial charge is 0.266 e. The summed E-state index contributed by atoms with van der Waals surface area (Å²) in [4.78, 5) is 38.0. The molecule has 1 amide bonds. The Hall–Kier alpha value is -6.87. The SMILES string of the molecule is Cc1cc(C(=O)N=S(C)(C)=O)cc(-c2cc(-c3cnc4ccc(C(F)F)nn34)ncn2)c1.Cc1cc(CN=S(C)(C)=O)cc(-c2cc(-c3cnc4ccc(C(F)F)nn34)ncn2)c1. The maximum atomic E-state index is 13.1. The summed E-state index contributed by atoms with van der Waals surface area (Å²) in [6.45, 7) is 4.12. The van der Waals surface area contributed by atoms with Gasteiger partial charge in [0.2, 0.25) is 0 Å². The quantitative estimate of drug-likeness (QED) is 0.127. The molecule has 0 bridgehead atoms. The third-order valence-corrected chi connectivity index (χ3v) is 10.3. The molecule has 2 aromatic carbocycles. The zero-order valence-electron chi connectivity index (χ0n) is 34.5. The third kappa shape index (κ3) is 10.8. The molecule has 324 valence electrons. The van der Waals surface area contributed by atoms with Crippen LogP contribution in [0.25, 0.3) is 56.6 Å². The molecular weight excluding hydrogens is 861 g/mol. The summed E-state index contributed by atoms with van der Waals surface area (Å²) in [6.07, 6.45) is 6.37. The van der Waals surface area contributed by atoms with E-state index in [0.717, 1.165) is 22.3 Å². The summed E-state index contributed by atoms with van der Waals surface area (Å²) in [5.41, 5.74) is 7.61. The van der Waals surface area contributed by atoms with Crippen LogP contribution < -0.4 is 0 Å². The summed E-state index contributed by atoms with van der Waals surface area (Å²) in [5.74, 6) is -0.579. The summed E-state index contributed by atoms with van der Waals surface area (Å²) in [6, 6.07) is 19.9. The third-order valence-electron chi connectivity index (χ3n) is 8.99. The molecule has 21 heteroatoms. The van der Waals surface area contributed by atoms with Crippen LogP contribution in [0.5, 0.6) is 0 Å². The van der Waals surface area contributed by atoms with Crippen molar-refractivity contribution in [2.75, 3.05) is 25.0 Å². The van der Waals surface area contributed by atoms with Gasteiger partial charge in [-0.1, -0.05) is 11.6 Å². The molecule has 0 N–H and O–H groups in total. The standard InChI is InChI=1S/C21H18F2N6O2S.C21H20F2N6OS/c1-12-6-13(8-14(7-12)21(30)28-32(2,3)31)16-9-17(26-11-25-16)18-10-24-19-5-4-15(20(22)23)27-29(18)19;1-13-6-14(10-27-31(2,3)30)8-15(7-13)17-9-18(26-12-25-17)19-11-24-20-5-4-16(21(22)23)28-29(19)20/h4-11,20H,1-3H3;4-9,11-12,21H,10H2,1-3H3. The zero-order chi connectivity index (χ0) is 45.2. The molecule has 8 rings (SSSR count). The Labute approximate surface area is 359 Å². The van der Waals surface area contributed by atoms with Gasteiger partial charge in [0.1, 0.15) is 35.4 Å². The molecule has 8 aromatic rings. The molecule has 0 saturated carbocycles. The van der Waals surface area contributed by atoms with Crippen LogP contribution in [0.4, 0.5) is 17.6 Å². The van der Waals surface area contributed by atoms with Crippen molar-refractivity contribution >= 4 is 36.7 Å². The van der Waals surface area contributed by atoms with Crippen molar-refractivity contribution in [1.29, 1.82) is 0 Å². The summed E-state index contributed by atoms with van der Waals surface area (Å²) in [7, 11) is -4.80. The van der Waals surface area contributed by atoms with Crippen molar-refractivity contribution in [3.63, 3.8) is 0 Å². The number of carbonyl (C=O) groups excluding carboxylic acids is 1. The number of benzene rings is 2. The highest BCUT2D eigenvalue weighted by Gasteiger charge is 2.18. The van der Waals surface area contributed by atoms with Crippen molar-refractivity contribution < 1.29 is 30.8 Å². The number of fused-ring (bicyclic) bond motifs is 2. The van der Waals surface area contributed by atoms with Gasteiger partial charge >= 0.3 is 0 Å². The van der Waals surface area contributed by atoms with Crippen molar-refractivity contribution in [2.45, 2.75) is 33.2 Å². The molecule has 0 saturated heterocycles. The highest BCUT2D eigenvalue weighted by atomic mass is 32.2. The lowest BCUT2D eigenvalue weighted by molar-refractivity contribution is 0.100. The lowest BCUT2D eigenvalue weighted by Gasteiger charge is -2.08. The zero-order valence-corrected chi connectivity index (χ0v) is 36.2. The fraction of sp³-hybridized carbons (Fsp3) is 0.214. The summed E-state index contributed by atoms with van der Waals surface area (Å²) >= 11 is 0. The molecule has 6 heterocycles. The average molecular weight is 899 g/mol. The van der Waals surface area contributed by atoms with Gasteiger partial charge in [0.05, 0.1) is 41.7 Å². The number of aryl methyl sites for hydroxylation is 2. The van der Waals surface area contributed by atoms with Crippen molar-refractivity contribution in [3.05, 3.63) is 131 Å². The van der Waals surface area contributed by atoms with Crippen molar-refractivity contribution in [1.82, 2.24) is 49.1 Å². The first-order chi connectivity index (χ1) is 29.8. The van der Waals surface area contributed by atoms with Gasteiger partial charge in [0.15, 0.2) is 11.3 Å². The Balaban J connectivity index is 0.000000189. The minimum atomic E-state index is -2.72. The normalized spacial score (nSPS) is 11.9. The maximum Gasteiger partial charge on any atom is 0.285 e. The van der Waals surface area contributed by atoms with E-state index in [-0.39, 0.29) is 17.0 Å². The molecule has 6 aromatic heterocycles. The van der Waals surface area contributed by atoms with E-state index in [1.807, 2.05) is 38.1 Å². The first-order valence-corrected chi connectivity index (χ1v) is 23.4. The number of amides is 1. The van der Waals surface area contributed by atoms with Crippen LogP contribution in [0.15, 0.2) is 107 Å². The Morgan fingerprint density at radius 2 is 1.08 bits per heavy atom. The van der Waals surface area contributed by atoms with Crippen LogP contribution in [0.1, 0.15) is 51.3 Å². The number of nitrogens with zero attached hydrogens (tertiary/aromatic N) is 12. The van der Waals surface area contributed by atoms with Gasteiger partial charge in [0, 0.05) is 61.2 Å². The molecule has 0 radical (unpaired) electrons. The predicted molar refractivity (Wildman–Crippen MR) is 231 cm³/mol. The number of rotatable bonds is 9. The molecule has 0 aliphatic rings. The first-order valence-electron chi connectivity index (χ1n) is 18.8. The molecule has 0 atom stereocenters. The summed E-state index contributed by atoms with van der Waals surface area (Å²) in [5, 5.41) is 7.95. The Morgan fingerprint density at radius 1 is 0.603 bits per heavy atom. The minimum Gasteiger partial charge on any atom is -0.266 e. The van der Waals surface area contributed by atoms with Gasteiger partial charge in [-0.25, -0.2) is 65.1 Å². The number of halogens is 4. The highest BCUT2D eigenvalue weighted by Crippen LogP contribution is 2.28. The van der Waals surface area contributed by atoms with E-state index in [2.05, 4.69) is 48.8 Å². The second-order valence-electron chi connectivity index (χ2n) is 14.9. The van der Waals surface area contributed by atoms with E-state index in [9.17, 15) is 30.8 Å². The number of hydrogen-bond acceptors (Lipinski definition) is 12. The Bertz CT molecular complexity index is 3290. The van der Waals surface area contributed by atoms with Crippen LogP contribution in [-0.4, -0.2) is 88.5 Å². The predicted octanol–water partition coefficient (Wildman–Crippen LogP) is 8.29. The second-order valence-corrected chi connectivity index (χ2v) is 20.0. The van der Waals surface area contributed by atoms with Gasteiger partial charge in [0.25, 0.3) is 18.8 Å². The monoisotopic (exact) mass is 898 g/mol. The molecule has 0 spiro atoms. The Kier molecular flexibility index (Phi) is 12.5. The van der Waals surface area contributed by atoms with Crippen molar-refractivity contribution in [3.8, 4) is 45.3 Å². The number of carbonyl (C=O) groups is 1. The lowest BCUT2D eigenvalue weighted by atomic mass is 10.0. The second kappa shape index (κ2) is 17.8. The molecule has 15 nitrogen and oxygen atoms in total. The fourth-order valence-electron chi connectivity index (χ4n) is 6.31. The number of alkyl halides is 4. The van der Waals surface area contributed by atoms with E-state index in [0.29, 0.717) is 57.6 Å². The summed E-state index contributed by atoms with van der Waals surface area (Å²) < 4.78 is 86.8. The maximum absolute atomic E-state index is 13.1. The van der Waals surface area contributed by atoms with Gasteiger partial charge < -0.3 is 0 Å². The largest absolute Gasteiger partial charge is 0.285 e. The topological polar surface area (TPSA) is 188 Å². The molecule has 0 aliphatic carbocycles. The van der Waals surface area contributed by atoms with Crippen molar-refractivity contribution in [2.24, 2.45) is 8.73 Å². The molecular formula is C42H38F4N12O3S2. The lowest BCUT2D eigenvalue weighted by Crippen LogP contribution is -2.02. The van der Waals surface area contributed by atoms with Crippen LogP contribution in [0.2, 0.25) is 0 Å². The van der Waals surface area contributed by atoms with E-state index in [4.69, 9.17) is 0 Å². The van der Waals surface area contributed by atoms with Crippen LogP contribution >= 0.6 is 0 Å². The van der Waals surface area contributed by atoms with Crippen LogP contribution in [-0.2, 0) is 26.0 Å². The van der Waals surface area contributed by atoms with E-state index in [1.165, 1.54) is 64.7 Å². The number of hydrogen-bond donors (Lipinski definition) is 0. The molecule has 0 aliphatic heterocycles. The molecule has 63 heavy (non-hydrogen) atoms. The number of aromatic nitrogens is 10. The molecule has 0 unspecified atom stereocenters. The van der Waals surface area contributed by atoms with Gasteiger partial charge in [-0.15, -0.1) is 0 Å². The Morgan fingerprint density at radius 3 is 1.56 bits per heavy atom.